The molecular formula is C14H17N3O2S. The third-order valence-corrected chi connectivity index (χ3v) is 4.53. The highest BCUT2D eigenvalue weighted by atomic mass is 32.1. The minimum absolute atomic E-state index is 0.220. The first-order valence-electron chi connectivity index (χ1n) is 6.84. The van der Waals surface area contributed by atoms with E-state index in [0.29, 0.717) is 24.6 Å². The van der Waals surface area contributed by atoms with Crippen LogP contribution in [0.25, 0.3) is 0 Å². The van der Waals surface area contributed by atoms with Crippen LogP contribution in [0.15, 0.2) is 16.0 Å². The Kier molecular flexibility index (Phi) is 3.82. The number of hydrogen-bond acceptors (Lipinski definition) is 5. The molecule has 0 aliphatic carbocycles. The van der Waals surface area contributed by atoms with Crippen LogP contribution in [0.5, 0.6) is 0 Å². The Balaban J connectivity index is 1.48. The first kappa shape index (κ1) is 13.3. The van der Waals surface area contributed by atoms with Crippen LogP contribution < -0.4 is 0 Å². The number of aromatic nitrogens is 2. The van der Waals surface area contributed by atoms with Crippen molar-refractivity contribution in [3.63, 3.8) is 0 Å². The Bertz CT molecular complexity index is 605. The van der Waals surface area contributed by atoms with Crippen LogP contribution in [0.3, 0.4) is 0 Å². The lowest BCUT2D eigenvalue weighted by Gasteiger charge is -2.27. The molecule has 5 nitrogen and oxygen atoms in total. The normalized spacial score (nSPS) is 14.3. The molecular weight excluding hydrogens is 274 g/mol. The molecule has 1 amide bonds. The van der Waals surface area contributed by atoms with E-state index in [1.165, 1.54) is 10.4 Å². The lowest BCUT2D eigenvalue weighted by molar-refractivity contribution is -0.132. The van der Waals surface area contributed by atoms with Crippen molar-refractivity contribution in [3.8, 4) is 0 Å². The smallest absolute Gasteiger partial charge is 0.226 e. The predicted molar refractivity (Wildman–Crippen MR) is 75.4 cm³/mol. The first-order valence-corrected chi connectivity index (χ1v) is 7.72. The van der Waals surface area contributed by atoms with Crippen LogP contribution in [0.2, 0.25) is 0 Å². The highest BCUT2D eigenvalue weighted by Gasteiger charge is 2.21. The van der Waals surface area contributed by atoms with Crippen LogP contribution in [-0.4, -0.2) is 27.5 Å². The van der Waals surface area contributed by atoms with Gasteiger partial charge in [-0.25, -0.2) is 0 Å². The van der Waals surface area contributed by atoms with Crippen molar-refractivity contribution in [2.45, 2.75) is 39.2 Å². The molecule has 6 heteroatoms. The van der Waals surface area contributed by atoms with Gasteiger partial charge in [0.2, 0.25) is 11.8 Å². The number of fused-ring (bicyclic) bond motifs is 1. The molecule has 0 aromatic carbocycles. The summed E-state index contributed by atoms with van der Waals surface area (Å²) >= 11 is 1.79. The monoisotopic (exact) mass is 291 g/mol. The third kappa shape index (κ3) is 2.90. The number of amides is 1. The Labute approximate surface area is 121 Å². The molecule has 0 unspecified atom stereocenters. The van der Waals surface area contributed by atoms with E-state index in [2.05, 4.69) is 21.6 Å². The van der Waals surface area contributed by atoms with E-state index in [-0.39, 0.29) is 5.91 Å². The van der Waals surface area contributed by atoms with E-state index in [1.54, 1.807) is 18.3 Å². The molecule has 0 saturated heterocycles. The van der Waals surface area contributed by atoms with Crippen molar-refractivity contribution in [1.82, 2.24) is 15.0 Å². The largest absolute Gasteiger partial charge is 0.339 e. The van der Waals surface area contributed by atoms with Gasteiger partial charge in [-0.15, -0.1) is 11.3 Å². The van der Waals surface area contributed by atoms with Crippen molar-refractivity contribution in [3.05, 3.63) is 33.6 Å². The maximum atomic E-state index is 12.2. The van der Waals surface area contributed by atoms with Gasteiger partial charge in [-0.2, -0.15) is 4.98 Å². The van der Waals surface area contributed by atoms with Crippen molar-refractivity contribution >= 4 is 17.2 Å². The van der Waals surface area contributed by atoms with E-state index in [0.717, 1.165) is 25.9 Å². The summed E-state index contributed by atoms with van der Waals surface area (Å²) in [5, 5.41) is 5.85. The Morgan fingerprint density at radius 2 is 2.45 bits per heavy atom. The van der Waals surface area contributed by atoms with E-state index in [9.17, 15) is 4.79 Å². The zero-order valence-electron chi connectivity index (χ0n) is 11.5. The maximum absolute atomic E-state index is 12.2. The number of carbonyl (C=O) groups excluding carboxylic acids is 1. The van der Waals surface area contributed by atoms with Crippen LogP contribution in [-0.2, 0) is 24.2 Å². The summed E-state index contributed by atoms with van der Waals surface area (Å²) in [6.07, 6.45) is 2.96. The van der Waals surface area contributed by atoms with Gasteiger partial charge in [0.05, 0.1) is 0 Å². The van der Waals surface area contributed by atoms with Crippen molar-refractivity contribution in [2.24, 2.45) is 0 Å². The summed E-state index contributed by atoms with van der Waals surface area (Å²) in [5.41, 5.74) is 1.31. The standard InChI is InChI=1S/C14H17N3O2S/c1-10-15-13(19-16-10)3-2-4-14(18)17-7-5-12-11(9-17)6-8-20-12/h6,8H,2-5,7,9H2,1H3. The highest BCUT2D eigenvalue weighted by molar-refractivity contribution is 7.10. The van der Waals surface area contributed by atoms with Crippen LogP contribution in [0, 0.1) is 6.92 Å². The molecule has 3 rings (SSSR count). The Morgan fingerprint density at radius 1 is 1.55 bits per heavy atom. The second-order valence-electron chi connectivity index (χ2n) is 5.02. The van der Waals surface area contributed by atoms with Gasteiger partial charge in [-0.05, 0) is 36.8 Å². The predicted octanol–water partition coefficient (Wildman–Crippen LogP) is 2.35. The molecule has 106 valence electrons. The maximum Gasteiger partial charge on any atom is 0.226 e. The summed E-state index contributed by atoms with van der Waals surface area (Å²) in [5.74, 6) is 1.49. The zero-order valence-corrected chi connectivity index (χ0v) is 12.3. The Morgan fingerprint density at radius 3 is 3.25 bits per heavy atom. The number of hydrogen-bond donors (Lipinski definition) is 0. The lowest BCUT2D eigenvalue weighted by Crippen LogP contribution is -2.35. The third-order valence-electron chi connectivity index (χ3n) is 3.51. The van der Waals surface area contributed by atoms with Crippen LogP contribution in [0.4, 0.5) is 0 Å². The van der Waals surface area contributed by atoms with Gasteiger partial charge in [0.25, 0.3) is 0 Å². The second-order valence-corrected chi connectivity index (χ2v) is 6.02. The van der Waals surface area contributed by atoms with Crippen molar-refractivity contribution < 1.29 is 9.32 Å². The molecule has 0 spiro atoms. The van der Waals surface area contributed by atoms with Crippen LogP contribution >= 0.6 is 11.3 Å². The summed E-state index contributed by atoms with van der Waals surface area (Å²) < 4.78 is 5.04. The van der Waals surface area contributed by atoms with Crippen molar-refractivity contribution in [2.75, 3.05) is 6.54 Å². The summed E-state index contributed by atoms with van der Waals surface area (Å²) in [6, 6.07) is 2.13. The molecule has 0 bridgehead atoms. The highest BCUT2D eigenvalue weighted by Crippen LogP contribution is 2.24. The van der Waals surface area contributed by atoms with E-state index < -0.39 is 0 Å². The van der Waals surface area contributed by atoms with Gasteiger partial charge in [-0.3, -0.25) is 4.79 Å². The minimum atomic E-state index is 0.220. The molecule has 3 heterocycles. The molecule has 0 radical (unpaired) electrons. The molecule has 20 heavy (non-hydrogen) atoms. The fourth-order valence-electron chi connectivity index (χ4n) is 2.45. The van der Waals surface area contributed by atoms with E-state index in [4.69, 9.17) is 4.52 Å². The number of nitrogens with zero attached hydrogens (tertiary/aromatic N) is 3. The van der Waals surface area contributed by atoms with E-state index in [1.807, 2.05) is 4.90 Å². The fraction of sp³-hybridized carbons (Fsp3) is 0.500. The van der Waals surface area contributed by atoms with Gasteiger partial charge < -0.3 is 9.42 Å². The van der Waals surface area contributed by atoms with Gasteiger partial charge in [0.1, 0.15) is 0 Å². The summed E-state index contributed by atoms with van der Waals surface area (Å²) in [4.78, 5) is 19.7. The Hall–Kier alpha value is -1.69. The quantitative estimate of drug-likeness (QED) is 0.867. The van der Waals surface area contributed by atoms with Gasteiger partial charge >= 0.3 is 0 Å². The summed E-state index contributed by atoms with van der Waals surface area (Å²) in [7, 11) is 0. The minimum Gasteiger partial charge on any atom is -0.339 e. The fourth-order valence-corrected chi connectivity index (χ4v) is 3.34. The molecule has 0 atom stereocenters. The first-order chi connectivity index (χ1) is 9.72. The van der Waals surface area contributed by atoms with Gasteiger partial charge in [0.15, 0.2) is 5.82 Å². The average molecular weight is 291 g/mol. The molecule has 0 saturated carbocycles. The molecule has 2 aromatic heterocycles. The average Bonchev–Trinajstić information content (AvgIpc) is 3.06. The molecule has 0 N–H and O–H groups in total. The molecule has 0 fully saturated rings. The molecule has 1 aliphatic heterocycles. The second kappa shape index (κ2) is 5.75. The summed E-state index contributed by atoms with van der Waals surface area (Å²) in [6.45, 7) is 3.40. The van der Waals surface area contributed by atoms with Gasteiger partial charge in [-0.1, -0.05) is 5.16 Å². The van der Waals surface area contributed by atoms with Crippen LogP contribution in [0.1, 0.15) is 35.0 Å². The number of rotatable bonds is 4. The molecule has 1 aliphatic rings. The van der Waals surface area contributed by atoms with Crippen molar-refractivity contribution in [1.29, 1.82) is 0 Å². The number of carbonyl (C=O) groups is 1. The SMILES string of the molecule is Cc1noc(CCCC(=O)N2CCc3sccc3C2)n1. The van der Waals surface area contributed by atoms with E-state index >= 15 is 0 Å². The zero-order chi connectivity index (χ0) is 13.9. The number of thiophene rings is 1. The van der Waals surface area contributed by atoms with Gasteiger partial charge in [0, 0.05) is 30.8 Å². The topological polar surface area (TPSA) is 59.2 Å². The lowest BCUT2D eigenvalue weighted by atomic mass is 10.1. The number of aryl methyl sites for hydroxylation is 2. The molecule has 2 aromatic rings.